The Bertz CT molecular complexity index is 453. The first kappa shape index (κ1) is 11.0. The maximum absolute atomic E-state index is 9.95. The molecule has 1 unspecified atom stereocenters. The molecule has 1 aromatic carbocycles. The van der Waals surface area contributed by atoms with E-state index in [4.69, 9.17) is 0 Å². The first-order valence-electron chi connectivity index (χ1n) is 7.59. The SMILES string of the molecule is OC1C[C@H]2CC[C@@H]3c4ccccc4CC[C@H]3[C@@H]2C1. The van der Waals surface area contributed by atoms with E-state index >= 15 is 0 Å². The van der Waals surface area contributed by atoms with E-state index in [-0.39, 0.29) is 6.10 Å². The fourth-order valence-electron chi connectivity index (χ4n) is 5.14. The van der Waals surface area contributed by atoms with E-state index < -0.39 is 0 Å². The highest BCUT2D eigenvalue weighted by molar-refractivity contribution is 5.34. The normalized spacial score (nSPS) is 41.9. The van der Waals surface area contributed by atoms with Crippen LogP contribution in [0.5, 0.6) is 0 Å². The maximum atomic E-state index is 9.95. The zero-order chi connectivity index (χ0) is 12.1. The van der Waals surface area contributed by atoms with Crippen LogP contribution >= 0.6 is 0 Å². The van der Waals surface area contributed by atoms with Crippen molar-refractivity contribution in [2.45, 2.75) is 50.5 Å². The van der Waals surface area contributed by atoms with Crippen LogP contribution < -0.4 is 0 Å². The molecule has 18 heavy (non-hydrogen) atoms. The van der Waals surface area contributed by atoms with Crippen LogP contribution in [0, 0.1) is 17.8 Å². The summed E-state index contributed by atoms with van der Waals surface area (Å²) in [5.74, 6) is 3.29. The Morgan fingerprint density at radius 1 is 0.944 bits per heavy atom. The largest absolute Gasteiger partial charge is 0.393 e. The average molecular weight is 242 g/mol. The minimum atomic E-state index is -0.00378. The zero-order valence-electron chi connectivity index (χ0n) is 10.9. The lowest BCUT2D eigenvalue weighted by atomic mass is 9.61. The molecule has 4 rings (SSSR count). The maximum Gasteiger partial charge on any atom is 0.0545 e. The number of fused-ring (bicyclic) bond motifs is 5. The molecular weight excluding hydrogens is 220 g/mol. The molecule has 0 radical (unpaired) electrons. The van der Waals surface area contributed by atoms with E-state index in [1.54, 1.807) is 11.1 Å². The van der Waals surface area contributed by atoms with Gasteiger partial charge in [-0.05, 0) is 73.3 Å². The zero-order valence-corrected chi connectivity index (χ0v) is 10.9. The Morgan fingerprint density at radius 3 is 2.78 bits per heavy atom. The van der Waals surface area contributed by atoms with Crippen molar-refractivity contribution in [2.24, 2.45) is 17.8 Å². The second-order valence-corrected chi connectivity index (χ2v) is 6.63. The van der Waals surface area contributed by atoms with Crippen molar-refractivity contribution in [3.05, 3.63) is 35.4 Å². The van der Waals surface area contributed by atoms with Gasteiger partial charge in [-0.25, -0.2) is 0 Å². The van der Waals surface area contributed by atoms with Crippen LogP contribution in [0.4, 0.5) is 0 Å². The predicted octanol–water partition coefficient (Wildman–Crippen LogP) is 3.51. The van der Waals surface area contributed by atoms with Crippen LogP contribution in [0.15, 0.2) is 24.3 Å². The molecule has 1 aromatic rings. The van der Waals surface area contributed by atoms with Crippen LogP contribution in [-0.4, -0.2) is 11.2 Å². The lowest BCUT2D eigenvalue weighted by molar-refractivity contribution is 0.133. The summed E-state index contributed by atoms with van der Waals surface area (Å²) < 4.78 is 0. The van der Waals surface area contributed by atoms with Gasteiger partial charge in [-0.1, -0.05) is 24.3 Å². The average Bonchev–Trinajstić information content (AvgIpc) is 2.79. The van der Waals surface area contributed by atoms with Gasteiger partial charge in [0.1, 0.15) is 0 Å². The topological polar surface area (TPSA) is 20.2 Å². The van der Waals surface area contributed by atoms with E-state index in [1.807, 2.05) is 0 Å². The van der Waals surface area contributed by atoms with Gasteiger partial charge in [0.05, 0.1) is 6.10 Å². The smallest absolute Gasteiger partial charge is 0.0545 e. The van der Waals surface area contributed by atoms with Crippen LogP contribution in [0.25, 0.3) is 0 Å². The van der Waals surface area contributed by atoms with E-state index in [9.17, 15) is 5.11 Å². The summed E-state index contributed by atoms with van der Waals surface area (Å²) in [5, 5.41) is 9.95. The van der Waals surface area contributed by atoms with E-state index in [0.29, 0.717) is 0 Å². The highest BCUT2D eigenvalue weighted by atomic mass is 16.3. The number of aliphatic hydroxyl groups excluding tert-OH is 1. The standard InChI is InChI=1S/C17H22O/c18-13-9-12-6-8-15-14-4-2-1-3-11(14)5-7-16(15)17(12)10-13/h1-4,12-13,15-18H,5-10H2/t12-,13?,15-,16-,17-/m1/s1. The van der Waals surface area contributed by atoms with Gasteiger partial charge in [-0.15, -0.1) is 0 Å². The van der Waals surface area contributed by atoms with Crippen molar-refractivity contribution in [1.29, 1.82) is 0 Å². The number of aryl methyl sites for hydroxylation is 1. The van der Waals surface area contributed by atoms with Gasteiger partial charge in [0, 0.05) is 0 Å². The Morgan fingerprint density at radius 2 is 1.83 bits per heavy atom. The third-order valence-electron chi connectivity index (χ3n) is 5.84. The Hall–Kier alpha value is -0.820. The number of aliphatic hydroxyl groups is 1. The minimum Gasteiger partial charge on any atom is -0.393 e. The van der Waals surface area contributed by atoms with Crippen LogP contribution in [0.2, 0.25) is 0 Å². The second-order valence-electron chi connectivity index (χ2n) is 6.63. The molecule has 0 spiro atoms. The molecule has 0 bridgehead atoms. The van der Waals surface area contributed by atoms with Crippen LogP contribution in [0.1, 0.15) is 49.1 Å². The van der Waals surface area contributed by atoms with E-state index in [0.717, 1.165) is 36.5 Å². The van der Waals surface area contributed by atoms with Crippen molar-refractivity contribution in [2.75, 3.05) is 0 Å². The van der Waals surface area contributed by atoms with Gasteiger partial charge in [-0.3, -0.25) is 0 Å². The summed E-state index contributed by atoms with van der Waals surface area (Å²) in [7, 11) is 0. The summed E-state index contributed by atoms with van der Waals surface area (Å²) in [5.41, 5.74) is 3.23. The molecular formula is C17H22O. The van der Waals surface area contributed by atoms with Gasteiger partial charge < -0.3 is 5.11 Å². The van der Waals surface area contributed by atoms with Crippen LogP contribution in [0.3, 0.4) is 0 Å². The van der Waals surface area contributed by atoms with Gasteiger partial charge in [0.2, 0.25) is 0 Å². The molecule has 1 heteroatoms. The molecule has 0 heterocycles. The number of benzene rings is 1. The molecule has 3 aliphatic carbocycles. The lowest BCUT2D eigenvalue weighted by Crippen LogP contribution is -2.34. The summed E-state index contributed by atoms with van der Waals surface area (Å²) in [6.07, 6.45) is 7.47. The van der Waals surface area contributed by atoms with Gasteiger partial charge in [0.25, 0.3) is 0 Å². The number of hydrogen-bond donors (Lipinski definition) is 1. The van der Waals surface area contributed by atoms with Crippen molar-refractivity contribution >= 4 is 0 Å². The first-order chi connectivity index (χ1) is 8.83. The Balaban J connectivity index is 1.68. The van der Waals surface area contributed by atoms with Crippen molar-refractivity contribution in [3.8, 4) is 0 Å². The molecule has 2 saturated carbocycles. The quantitative estimate of drug-likeness (QED) is 0.738. The molecule has 2 fully saturated rings. The van der Waals surface area contributed by atoms with Crippen LogP contribution in [-0.2, 0) is 6.42 Å². The van der Waals surface area contributed by atoms with Gasteiger partial charge in [-0.2, -0.15) is 0 Å². The van der Waals surface area contributed by atoms with E-state index in [1.165, 1.54) is 25.7 Å². The highest BCUT2D eigenvalue weighted by Gasteiger charge is 2.46. The molecule has 5 atom stereocenters. The highest BCUT2D eigenvalue weighted by Crippen LogP contribution is 2.54. The molecule has 3 aliphatic rings. The lowest BCUT2D eigenvalue weighted by Gasteiger charge is -2.44. The van der Waals surface area contributed by atoms with Gasteiger partial charge >= 0.3 is 0 Å². The summed E-state index contributed by atoms with van der Waals surface area (Å²) >= 11 is 0. The fraction of sp³-hybridized carbons (Fsp3) is 0.647. The molecule has 0 amide bonds. The predicted molar refractivity (Wildman–Crippen MR) is 72.4 cm³/mol. The fourth-order valence-corrected chi connectivity index (χ4v) is 5.14. The van der Waals surface area contributed by atoms with Crippen molar-refractivity contribution in [1.82, 2.24) is 0 Å². The monoisotopic (exact) mass is 242 g/mol. The molecule has 1 nitrogen and oxygen atoms in total. The molecule has 0 aliphatic heterocycles. The molecule has 0 saturated heterocycles. The first-order valence-corrected chi connectivity index (χ1v) is 7.59. The number of rotatable bonds is 0. The third-order valence-corrected chi connectivity index (χ3v) is 5.84. The van der Waals surface area contributed by atoms with Gasteiger partial charge in [0.15, 0.2) is 0 Å². The van der Waals surface area contributed by atoms with E-state index in [2.05, 4.69) is 24.3 Å². The Kier molecular flexibility index (Phi) is 2.51. The Labute approximate surface area is 109 Å². The summed E-state index contributed by atoms with van der Waals surface area (Å²) in [6.45, 7) is 0. The summed E-state index contributed by atoms with van der Waals surface area (Å²) in [4.78, 5) is 0. The molecule has 1 N–H and O–H groups in total. The second kappa shape index (κ2) is 4.09. The molecule has 96 valence electrons. The summed E-state index contributed by atoms with van der Waals surface area (Å²) in [6, 6.07) is 9.07. The van der Waals surface area contributed by atoms with Crippen molar-refractivity contribution < 1.29 is 5.11 Å². The molecule has 0 aromatic heterocycles. The third kappa shape index (κ3) is 1.56. The van der Waals surface area contributed by atoms with Crippen molar-refractivity contribution in [3.63, 3.8) is 0 Å². The minimum absolute atomic E-state index is 0.00378. The number of hydrogen-bond acceptors (Lipinski definition) is 1.